The number of thiocarbonyl (C=S) groups is 1. The highest BCUT2D eigenvalue weighted by atomic mass is 32.1. The van der Waals surface area contributed by atoms with Crippen LogP contribution in [-0.2, 0) is 9.53 Å². The molecule has 0 rings (SSSR count). The summed E-state index contributed by atoms with van der Waals surface area (Å²) in [4.78, 5) is 23.9. The van der Waals surface area contributed by atoms with Gasteiger partial charge in [-0.05, 0) is 12.8 Å². The summed E-state index contributed by atoms with van der Waals surface area (Å²) in [7, 11) is 0. The van der Waals surface area contributed by atoms with E-state index in [0.29, 0.717) is 30.4 Å². The number of hydrogen-bond acceptors (Lipinski definition) is 4. The second-order valence-corrected chi connectivity index (χ2v) is 5.85. The number of hydrogen-bond donors (Lipinski definition) is 3. The standard InChI is InChI=1S/C12H22N2O3S3/c1-3-9(2)10(15)17-8-7-14(12(19)20)6-4-5-13-11(16)18/h9H,3-8H2,1-2H3,(H,19,20)(H2,13,16,18). The first kappa shape index (κ1) is 19.5. The van der Waals surface area contributed by atoms with Crippen molar-refractivity contribution < 1.29 is 14.3 Å². The first-order valence-corrected chi connectivity index (χ1v) is 7.80. The number of amides is 1. The molecule has 0 bridgehead atoms. The van der Waals surface area contributed by atoms with Crippen LogP contribution in [0.3, 0.4) is 0 Å². The smallest absolute Gasteiger partial charge is 0.308 e. The lowest BCUT2D eigenvalue weighted by Crippen LogP contribution is -2.33. The number of rotatable bonds is 9. The monoisotopic (exact) mass is 338 g/mol. The van der Waals surface area contributed by atoms with Crippen LogP contribution in [0.4, 0.5) is 4.79 Å². The summed E-state index contributed by atoms with van der Waals surface area (Å²) in [5, 5.41) is 2.23. The molecule has 0 aliphatic heterocycles. The largest absolute Gasteiger partial charge is 0.464 e. The Morgan fingerprint density at radius 1 is 1.35 bits per heavy atom. The van der Waals surface area contributed by atoms with Gasteiger partial charge in [0.15, 0.2) is 0 Å². The SMILES string of the molecule is CCC(C)C(=O)OCCN(CCCNC(=O)S)C(=S)S. The van der Waals surface area contributed by atoms with Crippen LogP contribution in [0, 0.1) is 5.92 Å². The summed E-state index contributed by atoms with van der Waals surface area (Å²) in [6, 6.07) is 0. The zero-order valence-electron chi connectivity index (χ0n) is 11.8. The molecule has 1 N–H and O–H groups in total. The minimum absolute atomic E-state index is 0.0861. The molecule has 0 aromatic carbocycles. The Balaban J connectivity index is 3.94. The molecule has 0 spiro atoms. The molecule has 1 unspecified atom stereocenters. The Morgan fingerprint density at radius 3 is 2.50 bits per heavy atom. The van der Waals surface area contributed by atoms with Gasteiger partial charge in [0.2, 0.25) is 0 Å². The molecule has 1 atom stereocenters. The molecule has 0 aromatic rings. The first-order chi connectivity index (χ1) is 9.38. The number of nitrogens with one attached hydrogen (secondary N) is 1. The van der Waals surface area contributed by atoms with E-state index < -0.39 is 0 Å². The van der Waals surface area contributed by atoms with E-state index in [1.165, 1.54) is 0 Å². The second-order valence-electron chi connectivity index (χ2n) is 4.33. The Labute approximate surface area is 136 Å². The van der Waals surface area contributed by atoms with E-state index >= 15 is 0 Å². The molecular weight excluding hydrogens is 316 g/mol. The molecule has 20 heavy (non-hydrogen) atoms. The van der Waals surface area contributed by atoms with Crippen molar-refractivity contribution in [1.82, 2.24) is 10.2 Å². The quantitative estimate of drug-likeness (QED) is 0.260. The average molecular weight is 339 g/mol. The molecule has 0 radical (unpaired) electrons. The van der Waals surface area contributed by atoms with Crippen LogP contribution in [-0.4, -0.2) is 46.7 Å². The van der Waals surface area contributed by atoms with Gasteiger partial charge in [0, 0.05) is 13.1 Å². The van der Waals surface area contributed by atoms with Crippen LogP contribution in [0.15, 0.2) is 0 Å². The summed E-state index contributed by atoms with van der Waals surface area (Å²) < 4.78 is 5.61. The van der Waals surface area contributed by atoms with Gasteiger partial charge < -0.3 is 15.0 Å². The molecule has 0 aliphatic carbocycles. The van der Waals surface area contributed by atoms with Crippen LogP contribution in [0.25, 0.3) is 0 Å². The summed E-state index contributed by atoms with van der Waals surface area (Å²) in [5.41, 5.74) is 0. The van der Waals surface area contributed by atoms with Gasteiger partial charge in [0.05, 0.1) is 12.5 Å². The summed E-state index contributed by atoms with van der Waals surface area (Å²) in [6.07, 6.45) is 1.48. The zero-order valence-corrected chi connectivity index (χ0v) is 14.4. The molecule has 0 aromatic heterocycles. The normalized spacial score (nSPS) is 11.6. The first-order valence-electron chi connectivity index (χ1n) is 6.49. The van der Waals surface area contributed by atoms with Gasteiger partial charge >= 0.3 is 5.97 Å². The highest BCUT2D eigenvalue weighted by molar-refractivity contribution is 8.10. The van der Waals surface area contributed by atoms with Crippen molar-refractivity contribution >= 4 is 53.0 Å². The van der Waals surface area contributed by atoms with Crippen LogP contribution in [0.2, 0.25) is 0 Å². The van der Waals surface area contributed by atoms with Gasteiger partial charge in [-0.25, -0.2) is 0 Å². The van der Waals surface area contributed by atoms with E-state index in [1.807, 2.05) is 18.7 Å². The van der Waals surface area contributed by atoms with Gasteiger partial charge in [-0.15, -0.1) is 12.6 Å². The van der Waals surface area contributed by atoms with Gasteiger partial charge in [-0.3, -0.25) is 9.59 Å². The lowest BCUT2D eigenvalue weighted by molar-refractivity contribution is -0.148. The third-order valence-electron chi connectivity index (χ3n) is 2.77. The van der Waals surface area contributed by atoms with E-state index in [-0.39, 0.29) is 23.7 Å². The molecule has 8 heteroatoms. The highest BCUT2D eigenvalue weighted by Crippen LogP contribution is 2.04. The van der Waals surface area contributed by atoms with Crippen molar-refractivity contribution in [3.63, 3.8) is 0 Å². The number of esters is 1. The van der Waals surface area contributed by atoms with Crippen LogP contribution >= 0.6 is 37.5 Å². The fourth-order valence-electron chi connectivity index (χ4n) is 1.33. The minimum Gasteiger partial charge on any atom is -0.464 e. The summed E-state index contributed by atoms with van der Waals surface area (Å²) >= 11 is 12.8. The van der Waals surface area contributed by atoms with Crippen LogP contribution in [0.5, 0.6) is 0 Å². The molecule has 1 amide bonds. The predicted molar refractivity (Wildman–Crippen MR) is 90.6 cm³/mol. The Kier molecular flexibility index (Phi) is 11.0. The van der Waals surface area contributed by atoms with Crippen molar-refractivity contribution in [2.45, 2.75) is 26.7 Å². The molecule has 0 saturated heterocycles. The van der Waals surface area contributed by atoms with Crippen molar-refractivity contribution in [3.8, 4) is 0 Å². The molecule has 5 nitrogen and oxygen atoms in total. The Bertz CT molecular complexity index is 340. The minimum atomic E-state index is -0.354. The highest BCUT2D eigenvalue weighted by Gasteiger charge is 2.13. The molecule has 0 saturated carbocycles. The van der Waals surface area contributed by atoms with Crippen LogP contribution < -0.4 is 5.32 Å². The third-order valence-corrected chi connectivity index (χ3v) is 3.47. The van der Waals surface area contributed by atoms with Gasteiger partial charge in [0.1, 0.15) is 10.9 Å². The molecule has 0 heterocycles. The summed E-state index contributed by atoms with van der Waals surface area (Å²) in [6.45, 7) is 5.71. The number of nitrogens with zero attached hydrogens (tertiary/aromatic N) is 1. The van der Waals surface area contributed by atoms with E-state index in [2.05, 4.69) is 30.6 Å². The van der Waals surface area contributed by atoms with E-state index in [9.17, 15) is 9.59 Å². The van der Waals surface area contributed by atoms with Crippen molar-refractivity contribution in [3.05, 3.63) is 0 Å². The maximum absolute atomic E-state index is 11.5. The van der Waals surface area contributed by atoms with Gasteiger partial charge in [-0.2, -0.15) is 0 Å². The predicted octanol–water partition coefficient (Wildman–Crippen LogP) is 2.12. The fraction of sp³-hybridized carbons (Fsp3) is 0.750. The maximum atomic E-state index is 11.5. The Hall–Kier alpha value is -0.470. The average Bonchev–Trinajstić information content (AvgIpc) is 2.39. The van der Waals surface area contributed by atoms with Crippen LogP contribution in [0.1, 0.15) is 26.7 Å². The lowest BCUT2D eigenvalue weighted by atomic mass is 10.1. The molecule has 116 valence electrons. The Morgan fingerprint density at radius 2 is 2.00 bits per heavy atom. The van der Waals surface area contributed by atoms with Gasteiger partial charge in [0.25, 0.3) is 5.24 Å². The second kappa shape index (κ2) is 11.2. The number of thiol groups is 2. The van der Waals surface area contributed by atoms with Crippen molar-refractivity contribution in [1.29, 1.82) is 0 Å². The van der Waals surface area contributed by atoms with E-state index in [0.717, 1.165) is 6.42 Å². The number of carbonyl (C=O) groups is 2. The molecular formula is C12H22N2O3S3. The number of ether oxygens (including phenoxy) is 1. The third kappa shape index (κ3) is 9.44. The van der Waals surface area contributed by atoms with Gasteiger partial charge in [-0.1, -0.05) is 38.7 Å². The fourth-order valence-corrected chi connectivity index (χ4v) is 1.83. The number of carbonyl (C=O) groups excluding carboxylic acids is 2. The van der Waals surface area contributed by atoms with E-state index in [4.69, 9.17) is 17.0 Å². The maximum Gasteiger partial charge on any atom is 0.308 e. The zero-order chi connectivity index (χ0) is 15.5. The van der Waals surface area contributed by atoms with Crippen molar-refractivity contribution in [2.24, 2.45) is 5.92 Å². The molecule has 0 aliphatic rings. The van der Waals surface area contributed by atoms with Crippen molar-refractivity contribution in [2.75, 3.05) is 26.2 Å². The molecule has 0 fully saturated rings. The summed E-state index contributed by atoms with van der Waals surface area (Å²) in [5.74, 6) is -0.281. The lowest BCUT2D eigenvalue weighted by Gasteiger charge is -2.22. The topological polar surface area (TPSA) is 58.6 Å². The van der Waals surface area contributed by atoms with E-state index in [1.54, 1.807) is 0 Å².